The number of nitrogens with zero attached hydrogens (tertiary/aromatic N) is 5. The number of nitrogens with one attached hydrogen (secondary N) is 3. The van der Waals surface area contributed by atoms with Crippen LogP contribution in [0.1, 0.15) is 61.1 Å². The number of azide groups is 1. The highest BCUT2D eigenvalue weighted by Gasteiger charge is 2.41. The van der Waals surface area contributed by atoms with Gasteiger partial charge in [0.15, 0.2) is 5.13 Å². The van der Waals surface area contributed by atoms with Crippen LogP contribution in [0.15, 0.2) is 15.5 Å². The predicted molar refractivity (Wildman–Crippen MR) is 141 cm³/mol. The van der Waals surface area contributed by atoms with Crippen molar-refractivity contribution < 1.29 is 28.7 Å². The standard InChI is InChI=1S/C23H34N8O6S/c1-21(2,3)36-18(34)23(7,8)11-25-14(16(32)29-15-12(9-26-31-24)27-17(15)33)13-10-38-19(28-13)30-20(35)37-22(4,5)6/h10,12,15H,9,11H2,1-8H3,(H,27,33)(H,29,32)(H,28,30,35)/b25-14-/t12-,15+/m1/s1. The summed E-state index contributed by atoms with van der Waals surface area (Å²) in [5.41, 5.74) is 5.98. The first-order chi connectivity index (χ1) is 17.4. The Hall–Kier alpha value is -3.71. The zero-order valence-electron chi connectivity index (χ0n) is 22.7. The summed E-state index contributed by atoms with van der Waals surface area (Å²) in [7, 11) is 0. The number of β-lactam (4-membered cyclic amide) rings is 1. The molecule has 2 atom stereocenters. The third-order valence-corrected chi connectivity index (χ3v) is 5.55. The van der Waals surface area contributed by atoms with Crippen molar-refractivity contribution >= 4 is 46.1 Å². The second-order valence-electron chi connectivity index (χ2n) is 11.2. The van der Waals surface area contributed by atoms with Crippen LogP contribution >= 0.6 is 11.3 Å². The maximum Gasteiger partial charge on any atom is 0.413 e. The molecule has 3 amide bonds. The molecule has 0 aromatic carbocycles. The fourth-order valence-corrected chi connectivity index (χ4v) is 3.63. The van der Waals surface area contributed by atoms with Gasteiger partial charge >= 0.3 is 12.1 Å². The summed E-state index contributed by atoms with van der Waals surface area (Å²) >= 11 is 1.04. The summed E-state index contributed by atoms with van der Waals surface area (Å²) < 4.78 is 10.7. The van der Waals surface area contributed by atoms with E-state index in [4.69, 9.17) is 15.0 Å². The summed E-state index contributed by atoms with van der Waals surface area (Å²) in [6.07, 6.45) is -0.723. The molecule has 0 bridgehead atoms. The zero-order valence-corrected chi connectivity index (χ0v) is 23.6. The van der Waals surface area contributed by atoms with Gasteiger partial charge in [-0.05, 0) is 60.9 Å². The number of esters is 1. The van der Waals surface area contributed by atoms with Gasteiger partial charge in [0.05, 0.1) is 18.0 Å². The van der Waals surface area contributed by atoms with Crippen LogP contribution in [0.5, 0.6) is 0 Å². The Morgan fingerprint density at radius 2 is 1.76 bits per heavy atom. The molecule has 1 aliphatic heterocycles. The highest BCUT2D eigenvalue weighted by Crippen LogP contribution is 2.23. The maximum atomic E-state index is 13.3. The van der Waals surface area contributed by atoms with Gasteiger partial charge in [0.25, 0.3) is 5.91 Å². The van der Waals surface area contributed by atoms with Crippen LogP contribution in [0.2, 0.25) is 0 Å². The van der Waals surface area contributed by atoms with Crippen molar-refractivity contribution in [1.29, 1.82) is 0 Å². The van der Waals surface area contributed by atoms with Crippen molar-refractivity contribution in [1.82, 2.24) is 15.6 Å². The number of hydrogen-bond acceptors (Lipinski definition) is 10. The van der Waals surface area contributed by atoms with E-state index in [-0.39, 0.29) is 29.6 Å². The second-order valence-corrected chi connectivity index (χ2v) is 12.1. The predicted octanol–water partition coefficient (Wildman–Crippen LogP) is 2.94. The van der Waals surface area contributed by atoms with Gasteiger partial charge in [-0.1, -0.05) is 5.11 Å². The normalized spacial score (nSPS) is 17.9. The van der Waals surface area contributed by atoms with E-state index in [1.807, 2.05) is 0 Å². The molecular formula is C23H34N8O6S. The van der Waals surface area contributed by atoms with E-state index in [0.29, 0.717) is 0 Å². The number of hydrogen-bond donors (Lipinski definition) is 3. The van der Waals surface area contributed by atoms with Crippen LogP contribution in [-0.4, -0.2) is 70.9 Å². The molecule has 0 saturated carbocycles. The number of rotatable bonds is 9. The number of aromatic nitrogens is 1. The van der Waals surface area contributed by atoms with Gasteiger partial charge in [-0.25, -0.2) is 9.78 Å². The molecule has 0 radical (unpaired) electrons. The minimum atomic E-state index is -1.09. The molecule has 1 fully saturated rings. The average Bonchev–Trinajstić information content (AvgIpc) is 3.20. The minimum absolute atomic E-state index is 0.0496. The van der Waals surface area contributed by atoms with Crippen molar-refractivity contribution in [2.75, 3.05) is 18.4 Å². The lowest BCUT2D eigenvalue weighted by Gasteiger charge is -2.36. The first-order valence-electron chi connectivity index (χ1n) is 11.8. The first-order valence-corrected chi connectivity index (χ1v) is 12.7. The number of amides is 3. The quantitative estimate of drug-likeness (QED) is 0.105. The summed E-state index contributed by atoms with van der Waals surface area (Å²) in [5.74, 6) is -1.69. The molecule has 0 aliphatic carbocycles. The van der Waals surface area contributed by atoms with Gasteiger partial charge in [-0.2, -0.15) is 0 Å². The van der Waals surface area contributed by atoms with Crippen molar-refractivity contribution in [2.24, 2.45) is 15.5 Å². The highest BCUT2D eigenvalue weighted by molar-refractivity contribution is 7.14. The third kappa shape index (κ3) is 8.99. The second kappa shape index (κ2) is 11.8. The number of anilines is 1. The SMILES string of the molecule is CC(C)(C)OC(=O)Nc1nc(/C(=N/CC(C)(C)C(=O)OC(C)(C)C)C(=O)N[C@@H]2C(=O)N[C@@H]2CN=[N+]=[N-])cs1. The lowest BCUT2D eigenvalue weighted by Crippen LogP contribution is -2.70. The Morgan fingerprint density at radius 1 is 1.13 bits per heavy atom. The molecule has 0 unspecified atom stereocenters. The molecule has 3 N–H and O–H groups in total. The molecule has 208 valence electrons. The zero-order chi connectivity index (χ0) is 28.9. The smallest absolute Gasteiger partial charge is 0.413 e. The van der Waals surface area contributed by atoms with Gasteiger partial charge in [-0.3, -0.25) is 24.7 Å². The first kappa shape index (κ1) is 30.5. The molecule has 0 spiro atoms. The molecule has 14 nitrogen and oxygen atoms in total. The van der Waals surface area contributed by atoms with E-state index < -0.39 is 52.6 Å². The van der Waals surface area contributed by atoms with E-state index in [1.165, 1.54) is 5.38 Å². The molecule has 15 heteroatoms. The fourth-order valence-electron chi connectivity index (χ4n) is 2.95. The lowest BCUT2D eigenvalue weighted by atomic mass is 9.93. The molecule has 1 aromatic heterocycles. The number of ether oxygens (including phenoxy) is 2. The topological polar surface area (TPSA) is 197 Å². The molecule has 1 aliphatic rings. The van der Waals surface area contributed by atoms with Crippen LogP contribution in [0.3, 0.4) is 0 Å². The van der Waals surface area contributed by atoms with Crippen molar-refractivity contribution in [3.05, 3.63) is 21.5 Å². The Balaban J connectivity index is 2.31. The van der Waals surface area contributed by atoms with Crippen LogP contribution in [0, 0.1) is 5.41 Å². The van der Waals surface area contributed by atoms with Crippen LogP contribution in [-0.2, 0) is 23.9 Å². The van der Waals surface area contributed by atoms with Crippen LogP contribution < -0.4 is 16.0 Å². The van der Waals surface area contributed by atoms with Gasteiger partial charge in [-0.15, -0.1) is 11.3 Å². The van der Waals surface area contributed by atoms with Crippen molar-refractivity contribution in [3.63, 3.8) is 0 Å². The van der Waals surface area contributed by atoms with Crippen molar-refractivity contribution in [3.8, 4) is 0 Å². The minimum Gasteiger partial charge on any atom is -0.460 e. The summed E-state index contributed by atoms with van der Waals surface area (Å²) in [4.78, 5) is 61.5. The fraction of sp³-hybridized carbons (Fsp3) is 0.652. The van der Waals surface area contributed by atoms with E-state index in [1.54, 1.807) is 55.4 Å². The van der Waals surface area contributed by atoms with Gasteiger partial charge < -0.3 is 20.1 Å². The number of thiazole rings is 1. The Labute approximate surface area is 224 Å². The Kier molecular flexibility index (Phi) is 9.46. The summed E-state index contributed by atoms with van der Waals surface area (Å²) in [6.45, 7) is 13.5. The van der Waals surface area contributed by atoms with Crippen LogP contribution in [0.25, 0.3) is 10.4 Å². The maximum absolute atomic E-state index is 13.3. The molecule has 38 heavy (non-hydrogen) atoms. The average molecular weight is 551 g/mol. The monoisotopic (exact) mass is 550 g/mol. The van der Waals surface area contributed by atoms with E-state index >= 15 is 0 Å². The number of carbonyl (C=O) groups excluding carboxylic acids is 4. The lowest BCUT2D eigenvalue weighted by molar-refractivity contribution is -0.165. The highest BCUT2D eigenvalue weighted by atomic mass is 32.1. The Bertz CT molecular complexity index is 1160. The van der Waals surface area contributed by atoms with E-state index in [2.05, 4.69) is 36.0 Å². The molecule has 2 heterocycles. The molecule has 1 saturated heterocycles. The third-order valence-electron chi connectivity index (χ3n) is 4.79. The van der Waals surface area contributed by atoms with Gasteiger partial charge in [0.2, 0.25) is 5.91 Å². The molecule has 2 rings (SSSR count). The van der Waals surface area contributed by atoms with E-state index in [0.717, 1.165) is 11.3 Å². The number of aliphatic imine (C=N–C) groups is 1. The van der Waals surface area contributed by atoms with E-state index in [9.17, 15) is 19.2 Å². The summed E-state index contributed by atoms with van der Waals surface area (Å²) in [6, 6.07) is -1.53. The van der Waals surface area contributed by atoms with Crippen molar-refractivity contribution in [2.45, 2.75) is 78.7 Å². The van der Waals surface area contributed by atoms with Gasteiger partial charge in [0.1, 0.15) is 28.6 Å². The molecule has 1 aromatic rings. The Morgan fingerprint density at radius 3 is 2.32 bits per heavy atom. The summed E-state index contributed by atoms with van der Waals surface area (Å²) in [5, 5.41) is 12.7. The molecular weight excluding hydrogens is 516 g/mol. The largest absolute Gasteiger partial charge is 0.460 e. The number of carbonyl (C=O) groups is 4. The van der Waals surface area contributed by atoms with Gasteiger partial charge in [0, 0.05) is 16.8 Å². The van der Waals surface area contributed by atoms with Crippen LogP contribution in [0.4, 0.5) is 9.93 Å².